The Labute approximate surface area is 64.0 Å². The zero-order valence-electron chi connectivity index (χ0n) is 6.23. The fourth-order valence-electron chi connectivity index (χ4n) is 0.645. The average molecular weight is 155 g/mol. The van der Waals surface area contributed by atoms with Crippen molar-refractivity contribution in [3.05, 3.63) is 11.9 Å². The smallest absolute Gasteiger partial charge is 0.171 e. The minimum atomic E-state index is 0.348. The van der Waals surface area contributed by atoms with Crippen LogP contribution in [-0.2, 0) is 11.3 Å². The van der Waals surface area contributed by atoms with Gasteiger partial charge in [0.15, 0.2) is 6.29 Å². The summed E-state index contributed by atoms with van der Waals surface area (Å²) in [5.74, 6) is 0. The van der Waals surface area contributed by atoms with E-state index in [1.165, 1.54) is 11.0 Å². The van der Waals surface area contributed by atoms with Gasteiger partial charge in [0, 0.05) is 7.11 Å². The lowest BCUT2D eigenvalue weighted by atomic mass is 10.6. The second kappa shape index (κ2) is 3.82. The van der Waals surface area contributed by atoms with E-state index < -0.39 is 0 Å². The maximum absolute atomic E-state index is 10.1. The second-order valence-electron chi connectivity index (χ2n) is 1.98. The molecule has 0 aliphatic carbocycles. The molecule has 0 bridgehead atoms. The van der Waals surface area contributed by atoms with Crippen molar-refractivity contribution < 1.29 is 9.53 Å². The van der Waals surface area contributed by atoms with E-state index in [1.54, 1.807) is 7.11 Å². The molecule has 5 heteroatoms. The minimum absolute atomic E-state index is 0.348. The zero-order chi connectivity index (χ0) is 8.10. The highest BCUT2D eigenvalue weighted by molar-refractivity contribution is 5.70. The van der Waals surface area contributed by atoms with Crippen molar-refractivity contribution in [1.82, 2.24) is 15.0 Å². The standard InChI is InChI=1S/C6H9N3O2/c1-11-3-2-9-7-4-6(5-10)8-9/h4-5H,2-3H2,1H3. The first-order chi connectivity index (χ1) is 5.36. The lowest BCUT2D eigenvalue weighted by Crippen LogP contribution is -2.07. The van der Waals surface area contributed by atoms with Crippen molar-refractivity contribution in [2.24, 2.45) is 0 Å². The van der Waals surface area contributed by atoms with Gasteiger partial charge < -0.3 is 4.74 Å². The second-order valence-corrected chi connectivity index (χ2v) is 1.98. The van der Waals surface area contributed by atoms with E-state index in [-0.39, 0.29) is 0 Å². The Kier molecular flexibility index (Phi) is 2.74. The first-order valence-electron chi connectivity index (χ1n) is 3.21. The minimum Gasteiger partial charge on any atom is -0.383 e. The van der Waals surface area contributed by atoms with Crippen molar-refractivity contribution in [1.29, 1.82) is 0 Å². The topological polar surface area (TPSA) is 57.0 Å². The molecule has 0 aromatic carbocycles. The third kappa shape index (κ3) is 2.12. The van der Waals surface area contributed by atoms with Gasteiger partial charge in [-0.3, -0.25) is 4.79 Å². The van der Waals surface area contributed by atoms with E-state index in [9.17, 15) is 4.79 Å². The molecule has 0 amide bonds. The van der Waals surface area contributed by atoms with E-state index in [0.717, 1.165) is 0 Å². The van der Waals surface area contributed by atoms with Crippen LogP contribution in [0.25, 0.3) is 0 Å². The van der Waals surface area contributed by atoms with Crippen molar-refractivity contribution in [2.75, 3.05) is 13.7 Å². The molecule has 1 heterocycles. The van der Waals surface area contributed by atoms with Gasteiger partial charge in [-0.1, -0.05) is 0 Å². The lowest BCUT2D eigenvalue weighted by molar-refractivity contribution is 0.111. The highest BCUT2D eigenvalue weighted by Gasteiger charge is 1.96. The highest BCUT2D eigenvalue weighted by Crippen LogP contribution is 1.85. The van der Waals surface area contributed by atoms with Crippen LogP contribution in [0.4, 0.5) is 0 Å². The van der Waals surface area contributed by atoms with Crippen LogP contribution in [0.5, 0.6) is 0 Å². The Bertz CT molecular complexity index is 233. The molecular formula is C6H9N3O2. The van der Waals surface area contributed by atoms with Gasteiger partial charge in [0.05, 0.1) is 19.3 Å². The van der Waals surface area contributed by atoms with Crippen LogP contribution in [-0.4, -0.2) is 35.0 Å². The fourth-order valence-corrected chi connectivity index (χ4v) is 0.645. The van der Waals surface area contributed by atoms with Gasteiger partial charge in [0.1, 0.15) is 5.69 Å². The zero-order valence-corrected chi connectivity index (χ0v) is 6.23. The quantitative estimate of drug-likeness (QED) is 0.562. The fraction of sp³-hybridized carbons (Fsp3) is 0.500. The predicted octanol–water partition coefficient (Wildman–Crippen LogP) is -0.263. The van der Waals surface area contributed by atoms with E-state index in [1.807, 2.05) is 0 Å². The monoisotopic (exact) mass is 155 g/mol. The molecule has 0 aliphatic heterocycles. The summed E-state index contributed by atoms with van der Waals surface area (Å²) in [4.78, 5) is 11.6. The largest absolute Gasteiger partial charge is 0.383 e. The first-order valence-corrected chi connectivity index (χ1v) is 3.21. The molecule has 0 saturated heterocycles. The maximum atomic E-state index is 10.1. The van der Waals surface area contributed by atoms with E-state index >= 15 is 0 Å². The number of carbonyl (C=O) groups excluding carboxylic acids is 1. The Balaban J connectivity index is 2.51. The molecular weight excluding hydrogens is 146 g/mol. The third-order valence-corrected chi connectivity index (χ3v) is 1.17. The summed E-state index contributed by atoms with van der Waals surface area (Å²) >= 11 is 0. The van der Waals surface area contributed by atoms with Crippen LogP contribution in [0.2, 0.25) is 0 Å². The van der Waals surface area contributed by atoms with E-state index in [2.05, 4.69) is 10.2 Å². The highest BCUT2D eigenvalue weighted by atomic mass is 16.5. The van der Waals surface area contributed by atoms with E-state index in [0.29, 0.717) is 25.1 Å². The number of ether oxygens (including phenoxy) is 1. The van der Waals surface area contributed by atoms with Crippen molar-refractivity contribution in [3.63, 3.8) is 0 Å². The summed E-state index contributed by atoms with van der Waals surface area (Å²) in [6.07, 6.45) is 2.08. The molecule has 0 atom stereocenters. The molecule has 0 N–H and O–H groups in total. The van der Waals surface area contributed by atoms with Gasteiger partial charge in [-0.15, -0.1) is 0 Å². The number of carbonyl (C=O) groups is 1. The summed E-state index contributed by atoms with van der Waals surface area (Å²) < 4.78 is 4.80. The Hall–Kier alpha value is -1.23. The normalized spacial score (nSPS) is 9.91. The van der Waals surface area contributed by atoms with Gasteiger partial charge in [0.25, 0.3) is 0 Å². The van der Waals surface area contributed by atoms with Gasteiger partial charge in [-0.25, -0.2) is 0 Å². The summed E-state index contributed by atoms with van der Waals surface area (Å²) in [6.45, 7) is 1.12. The molecule has 5 nitrogen and oxygen atoms in total. The SMILES string of the molecule is COCCn1ncc(C=O)n1. The summed E-state index contributed by atoms with van der Waals surface area (Å²) in [5, 5.41) is 7.64. The summed E-state index contributed by atoms with van der Waals surface area (Å²) in [7, 11) is 1.60. The van der Waals surface area contributed by atoms with Gasteiger partial charge in [-0.2, -0.15) is 15.0 Å². The molecule has 0 unspecified atom stereocenters. The van der Waals surface area contributed by atoms with Crippen LogP contribution < -0.4 is 0 Å². The lowest BCUT2D eigenvalue weighted by Gasteiger charge is -1.95. The van der Waals surface area contributed by atoms with Gasteiger partial charge in [-0.05, 0) is 0 Å². The van der Waals surface area contributed by atoms with Crippen molar-refractivity contribution >= 4 is 6.29 Å². The molecule has 1 aromatic rings. The number of aromatic nitrogens is 3. The van der Waals surface area contributed by atoms with E-state index in [4.69, 9.17) is 4.74 Å². The molecule has 1 rings (SSSR count). The molecule has 0 aliphatic rings. The number of rotatable bonds is 4. The average Bonchev–Trinajstić information content (AvgIpc) is 2.48. The van der Waals surface area contributed by atoms with Gasteiger partial charge >= 0.3 is 0 Å². The molecule has 60 valence electrons. The molecule has 0 spiro atoms. The Morgan fingerprint density at radius 2 is 2.64 bits per heavy atom. The molecule has 1 aromatic heterocycles. The first kappa shape index (κ1) is 7.87. The van der Waals surface area contributed by atoms with Crippen molar-refractivity contribution in [3.8, 4) is 0 Å². The maximum Gasteiger partial charge on any atom is 0.171 e. The van der Waals surface area contributed by atoms with Crippen molar-refractivity contribution in [2.45, 2.75) is 6.54 Å². The number of methoxy groups -OCH3 is 1. The number of hydrogen-bond donors (Lipinski definition) is 0. The Morgan fingerprint density at radius 1 is 1.82 bits per heavy atom. The third-order valence-electron chi connectivity index (χ3n) is 1.17. The molecule has 11 heavy (non-hydrogen) atoms. The van der Waals surface area contributed by atoms with Crippen LogP contribution >= 0.6 is 0 Å². The number of hydrogen-bond acceptors (Lipinski definition) is 4. The Morgan fingerprint density at radius 3 is 3.18 bits per heavy atom. The predicted molar refractivity (Wildman–Crippen MR) is 37.3 cm³/mol. The van der Waals surface area contributed by atoms with Crippen LogP contribution in [0.1, 0.15) is 10.5 Å². The molecule has 0 saturated carbocycles. The molecule has 0 fully saturated rings. The van der Waals surface area contributed by atoms with Gasteiger partial charge in [0.2, 0.25) is 0 Å². The van der Waals surface area contributed by atoms with Crippen LogP contribution in [0.3, 0.4) is 0 Å². The number of nitrogens with zero attached hydrogens (tertiary/aromatic N) is 3. The summed E-state index contributed by atoms with van der Waals surface area (Å²) in [5.41, 5.74) is 0.348. The molecule has 0 radical (unpaired) electrons. The summed E-state index contributed by atoms with van der Waals surface area (Å²) in [6, 6.07) is 0. The van der Waals surface area contributed by atoms with Crippen LogP contribution in [0.15, 0.2) is 6.20 Å². The van der Waals surface area contributed by atoms with Crippen LogP contribution in [0, 0.1) is 0 Å². The number of aldehydes is 1.